The van der Waals surface area contributed by atoms with Crippen molar-refractivity contribution in [1.82, 2.24) is 9.88 Å². The summed E-state index contributed by atoms with van der Waals surface area (Å²) in [5.74, 6) is -2.28. The van der Waals surface area contributed by atoms with Crippen LogP contribution in [0.25, 0.3) is 0 Å². The van der Waals surface area contributed by atoms with Gasteiger partial charge in [0.1, 0.15) is 0 Å². The van der Waals surface area contributed by atoms with Crippen LogP contribution >= 0.6 is 0 Å². The fourth-order valence-electron chi connectivity index (χ4n) is 2.68. The standard InChI is InChI=1S/C14H18N2O2.C2HF3O2/c17-13-5-8-16(14(18)11-1-2-11)12(13)9-10-3-6-15-7-4-10;3-2(4,5)1(6)7/h3-4,6-7,11-13,17H,1-2,5,8-9H2;(H,6,7)/t12-,13+;/m0./s1. The molecule has 0 unspecified atom stereocenters. The molecule has 1 aliphatic carbocycles. The Kier molecular flexibility index (Phi) is 5.99. The fraction of sp³-hybridized carbons (Fsp3) is 0.562. The average molecular weight is 360 g/mol. The van der Waals surface area contributed by atoms with Gasteiger partial charge in [-0.15, -0.1) is 0 Å². The maximum absolute atomic E-state index is 12.2. The zero-order chi connectivity index (χ0) is 18.6. The molecule has 0 spiro atoms. The van der Waals surface area contributed by atoms with E-state index in [2.05, 4.69) is 4.98 Å². The molecule has 1 saturated heterocycles. The van der Waals surface area contributed by atoms with Crippen LogP contribution in [-0.2, 0) is 16.0 Å². The highest BCUT2D eigenvalue weighted by molar-refractivity contribution is 5.81. The smallest absolute Gasteiger partial charge is 0.475 e. The Balaban J connectivity index is 0.000000277. The van der Waals surface area contributed by atoms with Crippen molar-refractivity contribution < 1.29 is 33.0 Å². The van der Waals surface area contributed by atoms with E-state index in [1.807, 2.05) is 17.0 Å². The van der Waals surface area contributed by atoms with Crippen molar-refractivity contribution in [3.63, 3.8) is 0 Å². The highest BCUT2D eigenvalue weighted by atomic mass is 19.4. The van der Waals surface area contributed by atoms with Crippen LogP contribution < -0.4 is 0 Å². The quantitative estimate of drug-likeness (QED) is 0.855. The van der Waals surface area contributed by atoms with Gasteiger partial charge >= 0.3 is 12.1 Å². The molecule has 2 atom stereocenters. The molecule has 9 heteroatoms. The van der Waals surface area contributed by atoms with Crippen molar-refractivity contribution in [2.24, 2.45) is 5.92 Å². The molecule has 2 N–H and O–H groups in total. The number of carboxylic acid groups (broad SMARTS) is 1. The van der Waals surface area contributed by atoms with Gasteiger partial charge in [-0.1, -0.05) is 0 Å². The number of carboxylic acids is 1. The van der Waals surface area contributed by atoms with E-state index in [-0.39, 0.29) is 24.0 Å². The van der Waals surface area contributed by atoms with E-state index in [0.29, 0.717) is 13.0 Å². The van der Waals surface area contributed by atoms with Crippen molar-refractivity contribution in [2.45, 2.75) is 44.0 Å². The number of aromatic nitrogens is 1. The minimum atomic E-state index is -5.08. The second kappa shape index (κ2) is 7.81. The number of likely N-dealkylation sites (tertiary alicyclic amines) is 1. The summed E-state index contributed by atoms with van der Waals surface area (Å²) in [6, 6.07) is 3.84. The Bertz CT molecular complexity index is 605. The number of aliphatic hydroxyl groups excluding tert-OH is 1. The van der Waals surface area contributed by atoms with E-state index < -0.39 is 12.1 Å². The number of halogens is 3. The Labute approximate surface area is 142 Å². The number of nitrogens with zero attached hydrogens (tertiary/aromatic N) is 2. The predicted molar refractivity (Wildman–Crippen MR) is 80.5 cm³/mol. The molecule has 0 radical (unpaired) electrons. The van der Waals surface area contributed by atoms with Crippen molar-refractivity contribution >= 4 is 11.9 Å². The van der Waals surface area contributed by atoms with Gasteiger partial charge in [-0.25, -0.2) is 4.79 Å². The van der Waals surface area contributed by atoms with Crippen LogP contribution in [-0.4, -0.2) is 56.8 Å². The third kappa shape index (κ3) is 5.42. The lowest BCUT2D eigenvalue weighted by Crippen LogP contribution is -2.41. The normalized spacial score (nSPS) is 23.0. The Morgan fingerprint density at radius 1 is 1.20 bits per heavy atom. The number of hydrogen-bond acceptors (Lipinski definition) is 4. The van der Waals surface area contributed by atoms with Crippen LogP contribution in [0, 0.1) is 5.92 Å². The second-order valence-electron chi connectivity index (χ2n) is 6.09. The monoisotopic (exact) mass is 360 g/mol. The summed E-state index contributed by atoms with van der Waals surface area (Å²) in [7, 11) is 0. The summed E-state index contributed by atoms with van der Waals surface area (Å²) in [4.78, 5) is 26.9. The number of hydrogen-bond donors (Lipinski definition) is 2. The number of carbonyl (C=O) groups excluding carboxylic acids is 1. The summed E-state index contributed by atoms with van der Waals surface area (Å²) in [6.45, 7) is 0.701. The molecule has 1 saturated carbocycles. The molecule has 1 aromatic rings. The van der Waals surface area contributed by atoms with Crippen LogP contribution in [0.2, 0.25) is 0 Å². The number of rotatable bonds is 3. The molecular formula is C16H19F3N2O4. The van der Waals surface area contributed by atoms with Crippen molar-refractivity contribution in [2.75, 3.05) is 6.54 Å². The molecule has 2 aliphatic rings. The molecule has 25 heavy (non-hydrogen) atoms. The number of amides is 1. The van der Waals surface area contributed by atoms with E-state index in [4.69, 9.17) is 9.90 Å². The van der Waals surface area contributed by atoms with E-state index in [1.54, 1.807) is 12.4 Å². The Hall–Kier alpha value is -2.16. The van der Waals surface area contributed by atoms with Crippen LogP contribution in [0.15, 0.2) is 24.5 Å². The second-order valence-corrected chi connectivity index (χ2v) is 6.09. The van der Waals surface area contributed by atoms with Gasteiger partial charge in [-0.05, 0) is 43.4 Å². The summed E-state index contributed by atoms with van der Waals surface area (Å²) >= 11 is 0. The molecule has 3 rings (SSSR count). The molecule has 2 heterocycles. The molecule has 0 aromatic carbocycles. The molecule has 1 aliphatic heterocycles. The summed E-state index contributed by atoms with van der Waals surface area (Å²) in [5, 5.41) is 17.2. The number of aliphatic carboxylic acids is 1. The molecule has 6 nitrogen and oxygen atoms in total. The highest BCUT2D eigenvalue weighted by Gasteiger charge is 2.41. The molecular weight excluding hydrogens is 341 g/mol. The Morgan fingerprint density at radius 3 is 2.24 bits per heavy atom. The minimum Gasteiger partial charge on any atom is -0.475 e. The molecule has 138 valence electrons. The third-order valence-electron chi connectivity index (χ3n) is 4.16. The van der Waals surface area contributed by atoms with Crippen molar-refractivity contribution in [3.05, 3.63) is 30.1 Å². The summed E-state index contributed by atoms with van der Waals surface area (Å²) < 4.78 is 31.7. The predicted octanol–water partition coefficient (Wildman–Crippen LogP) is 1.63. The van der Waals surface area contributed by atoms with Crippen LogP contribution in [0.3, 0.4) is 0 Å². The minimum absolute atomic E-state index is 0.0551. The molecule has 2 fully saturated rings. The average Bonchev–Trinajstić information content (AvgIpc) is 3.33. The maximum Gasteiger partial charge on any atom is 0.490 e. The molecule has 1 aromatic heterocycles. The van der Waals surface area contributed by atoms with Crippen molar-refractivity contribution in [3.8, 4) is 0 Å². The van der Waals surface area contributed by atoms with Gasteiger partial charge in [0.2, 0.25) is 5.91 Å². The SMILES string of the molecule is O=C(C1CC1)N1CC[C@@H](O)[C@@H]1Cc1ccncc1.O=C(O)C(F)(F)F. The topological polar surface area (TPSA) is 90.7 Å². The largest absolute Gasteiger partial charge is 0.490 e. The number of alkyl halides is 3. The first-order valence-corrected chi connectivity index (χ1v) is 7.87. The van der Waals surface area contributed by atoms with Gasteiger partial charge in [0.05, 0.1) is 12.1 Å². The lowest BCUT2D eigenvalue weighted by Gasteiger charge is -2.26. The first kappa shape index (κ1) is 19.2. The Morgan fingerprint density at radius 2 is 1.76 bits per heavy atom. The van der Waals surface area contributed by atoms with E-state index in [1.165, 1.54) is 0 Å². The zero-order valence-corrected chi connectivity index (χ0v) is 13.3. The van der Waals surface area contributed by atoms with E-state index >= 15 is 0 Å². The van der Waals surface area contributed by atoms with Gasteiger partial charge in [0.25, 0.3) is 0 Å². The van der Waals surface area contributed by atoms with Gasteiger partial charge in [-0.2, -0.15) is 13.2 Å². The lowest BCUT2D eigenvalue weighted by molar-refractivity contribution is -0.192. The zero-order valence-electron chi connectivity index (χ0n) is 13.3. The number of pyridine rings is 1. The van der Waals surface area contributed by atoms with Gasteiger partial charge < -0.3 is 15.1 Å². The summed E-state index contributed by atoms with van der Waals surface area (Å²) in [5.41, 5.74) is 1.13. The fourth-order valence-corrected chi connectivity index (χ4v) is 2.68. The van der Waals surface area contributed by atoms with Gasteiger partial charge in [-0.3, -0.25) is 9.78 Å². The van der Waals surface area contributed by atoms with Crippen LogP contribution in [0.4, 0.5) is 13.2 Å². The van der Waals surface area contributed by atoms with Crippen molar-refractivity contribution in [1.29, 1.82) is 0 Å². The highest BCUT2D eigenvalue weighted by Crippen LogP contribution is 2.34. The first-order chi connectivity index (χ1) is 11.7. The van der Waals surface area contributed by atoms with E-state index in [9.17, 15) is 23.1 Å². The number of carbonyl (C=O) groups is 2. The summed E-state index contributed by atoms with van der Waals surface area (Å²) in [6.07, 6.45) is 1.51. The molecule has 1 amide bonds. The first-order valence-electron chi connectivity index (χ1n) is 7.87. The lowest BCUT2D eigenvalue weighted by atomic mass is 10.0. The van der Waals surface area contributed by atoms with Crippen LogP contribution in [0.5, 0.6) is 0 Å². The van der Waals surface area contributed by atoms with Crippen LogP contribution in [0.1, 0.15) is 24.8 Å². The van der Waals surface area contributed by atoms with Gasteiger partial charge in [0.15, 0.2) is 0 Å². The third-order valence-corrected chi connectivity index (χ3v) is 4.16. The van der Waals surface area contributed by atoms with Gasteiger partial charge in [0, 0.05) is 24.9 Å². The number of aliphatic hydroxyl groups is 1. The molecule has 0 bridgehead atoms. The maximum atomic E-state index is 12.2. The van der Waals surface area contributed by atoms with E-state index in [0.717, 1.165) is 24.8 Å².